The maximum atomic E-state index is 13.6. The fourth-order valence-electron chi connectivity index (χ4n) is 3.65. The summed E-state index contributed by atoms with van der Waals surface area (Å²) in [4.78, 5) is 26.8. The van der Waals surface area contributed by atoms with Gasteiger partial charge in [-0.2, -0.15) is 0 Å². The summed E-state index contributed by atoms with van der Waals surface area (Å²) in [6, 6.07) is 17.8. The predicted octanol–water partition coefficient (Wildman–Crippen LogP) is 6.20. The Bertz CT molecular complexity index is 982. The summed E-state index contributed by atoms with van der Waals surface area (Å²) in [6.07, 6.45) is 5.54. The summed E-state index contributed by atoms with van der Waals surface area (Å²) in [5.74, 6) is -0.702. The van der Waals surface area contributed by atoms with E-state index in [1.54, 1.807) is 12.1 Å². The third kappa shape index (κ3) is 6.67. The number of esters is 1. The quantitative estimate of drug-likeness (QED) is 0.278. The van der Waals surface area contributed by atoms with Crippen LogP contribution in [0.4, 0.5) is 0 Å². The first kappa shape index (κ1) is 25.9. The molecule has 0 bridgehead atoms. The van der Waals surface area contributed by atoms with Crippen molar-refractivity contribution in [2.45, 2.75) is 76.4 Å². The van der Waals surface area contributed by atoms with Crippen LogP contribution in [0.1, 0.15) is 62.0 Å². The molecule has 1 aliphatic rings. The molecule has 0 radical (unpaired) electrons. The van der Waals surface area contributed by atoms with E-state index < -0.39 is 26.4 Å². The standard InChI is InChI=1S/C28H37NO4Si/c1-28(2,3)34(4,5)33-25(27(31)32-23-19-13-8-14-20-23)24(21-15-9-6-10-16-21)29-26(30)22-17-11-7-12-18-22/h6-7,9-13,15-19,23-25H,8,14,20H2,1-5H3,(H,29,30). The van der Waals surface area contributed by atoms with Crippen molar-refractivity contribution >= 4 is 20.2 Å². The van der Waals surface area contributed by atoms with Gasteiger partial charge in [-0.25, -0.2) is 4.79 Å². The number of rotatable bonds is 8. The number of allylic oxidation sites excluding steroid dienone is 1. The average Bonchev–Trinajstić information content (AvgIpc) is 2.82. The molecule has 182 valence electrons. The van der Waals surface area contributed by atoms with Crippen molar-refractivity contribution in [3.05, 3.63) is 83.9 Å². The fourth-order valence-corrected chi connectivity index (χ4v) is 4.87. The van der Waals surface area contributed by atoms with Crippen molar-refractivity contribution in [3.8, 4) is 0 Å². The number of nitrogens with one attached hydrogen (secondary N) is 1. The van der Waals surface area contributed by atoms with Crippen molar-refractivity contribution in [2.75, 3.05) is 0 Å². The summed E-state index contributed by atoms with van der Waals surface area (Å²) in [5.41, 5.74) is 1.32. The van der Waals surface area contributed by atoms with Crippen LogP contribution in [-0.4, -0.2) is 32.4 Å². The van der Waals surface area contributed by atoms with Gasteiger partial charge in [0.15, 0.2) is 14.4 Å². The van der Waals surface area contributed by atoms with E-state index in [0.29, 0.717) is 5.56 Å². The number of hydrogen-bond acceptors (Lipinski definition) is 4. The van der Waals surface area contributed by atoms with Gasteiger partial charge in [-0.3, -0.25) is 4.79 Å². The van der Waals surface area contributed by atoms with Crippen LogP contribution >= 0.6 is 0 Å². The molecule has 5 nitrogen and oxygen atoms in total. The molecule has 6 heteroatoms. The van der Waals surface area contributed by atoms with Crippen molar-refractivity contribution < 1.29 is 18.8 Å². The molecule has 2 aromatic rings. The highest BCUT2D eigenvalue weighted by atomic mass is 28.4. The Morgan fingerprint density at radius 3 is 2.18 bits per heavy atom. The Morgan fingerprint density at radius 1 is 1.00 bits per heavy atom. The number of hydrogen-bond donors (Lipinski definition) is 1. The van der Waals surface area contributed by atoms with E-state index in [-0.39, 0.29) is 17.0 Å². The van der Waals surface area contributed by atoms with Crippen LogP contribution in [0.15, 0.2) is 72.8 Å². The minimum atomic E-state index is -2.39. The number of ether oxygens (including phenoxy) is 1. The Balaban J connectivity index is 1.98. The fraction of sp³-hybridized carbons (Fsp3) is 0.429. The van der Waals surface area contributed by atoms with Crippen LogP contribution in [-0.2, 0) is 14.0 Å². The van der Waals surface area contributed by atoms with Gasteiger partial charge < -0.3 is 14.5 Å². The topological polar surface area (TPSA) is 64.6 Å². The number of amides is 1. The Labute approximate surface area is 204 Å². The van der Waals surface area contributed by atoms with Gasteiger partial charge in [-0.15, -0.1) is 0 Å². The van der Waals surface area contributed by atoms with Crippen LogP contribution in [0, 0.1) is 0 Å². The van der Waals surface area contributed by atoms with E-state index in [1.807, 2.05) is 54.6 Å². The summed E-state index contributed by atoms with van der Waals surface area (Å²) in [6.45, 7) is 10.6. The van der Waals surface area contributed by atoms with E-state index in [1.165, 1.54) is 0 Å². The van der Waals surface area contributed by atoms with E-state index in [9.17, 15) is 9.59 Å². The molecule has 0 aliphatic heterocycles. The van der Waals surface area contributed by atoms with Gasteiger partial charge in [0, 0.05) is 5.56 Å². The van der Waals surface area contributed by atoms with E-state index in [0.717, 1.165) is 24.8 Å². The Kier molecular flexibility index (Phi) is 8.50. The van der Waals surface area contributed by atoms with Gasteiger partial charge in [0.25, 0.3) is 5.91 Å². The molecule has 0 saturated carbocycles. The predicted molar refractivity (Wildman–Crippen MR) is 138 cm³/mol. The van der Waals surface area contributed by atoms with E-state index in [4.69, 9.17) is 9.16 Å². The molecule has 3 atom stereocenters. The molecular weight excluding hydrogens is 442 g/mol. The molecule has 1 N–H and O–H groups in total. The molecule has 0 spiro atoms. The number of carbonyl (C=O) groups excluding carboxylic acids is 2. The lowest BCUT2D eigenvalue weighted by Crippen LogP contribution is -2.52. The molecule has 0 fully saturated rings. The third-order valence-corrected chi connectivity index (χ3v) is 11.2. The molecular formula is C28H37NO4Si. The van der Waals surface area contributed by atoms with Crippen molar-refractivity contribution in [3.63, 3.8) is 0 Å². The molecule has 0 aromatic heterocycles. The third-order valence-electron chi connectivity index (χ3n) is 6.72. The maximum Gasteiger partial charge on any atom is 0.337 e. The smallest absolute Gasteiger partial charge is 0.337 e. The minimum absolute atomic E-state index is 0.124. The van der Waals surface area contributed by atoms with Gasteiger partial charge in [-0.05, 0) is 61.2 Å². The highest BCUT2D eigenvalue weighted by Crippen LogP contribution is 2.39. The maximum absolute atomic E-state index is 13.6. The largest absolute Gasteiger partial charge is 0.456 e. The molecule has 0 saturated heterocycles. The van der Waals surface area contributed by atoms with Crippen molar-refractivity contribution in [1.82, 2.24) is 5.32 Å². The van der Waals surface area contributed by atoms with Crippen LogP contribution in [0.2, 0.25) is 18.1 Å². The van der Waals surface area contributed by atoms with Crippen LogP contribution in [0.3, 0.4) is 0 Å². The molecule has 1 aliphatic carbocycles. The molecule has 2 aromatic carbocycles. The molecule has 34 heavy (non-hydrogen) atoms. The lowest BCUT2D eigenvalue weighted by atomic mass is 10.00. The van der Waals surface area contributed by atoms with Gasteiger partial charge >= 0.3 is 5.97 Å². The first-order valence-corrected chi connectivity index (χ1v) is 15.0. The highest BCUT2D eigenvalue weighted by Gasteiger charge is 2.44. The summed E-state index contributed by atoms with van der Waals surface area (Å²) < 4.78 is 12.6. The lowest BCUT2D eigenvalue weighted by Gasteiger charge is -2.41. The summed E-state index contributed by atoms with van der Waals surface area (Å²) in [5, 5.41) is 2.96. The van der Waals surface area contributed by atoms with E-state index >= 15 is 0 Å². The Hall–Kier alpha value is -2.70. The number of carbonyl (C=O) groups is 2. The summed E-state index contributed by atoms with van der Waals surface area (Å²) in [7, 11) is -2.39. The van der Waals surface area contributed by atoms with Crippen molar-refractivity contribution in [1.29, 1.82) is 0 Å². The normalized spacial score (nSPS) is 18.1. The van der Waals surface area contributed by atoms with Gasteiger partial charge in [-0.1, -0.05) is 75.4 Å². The van der Waals surface area contributed by atoms with E-state index in [2.05, 4.69) is 45.3 Å². The first-order valence-electron chi connectivity index (χ1n) is 12.0. The summed E-state index contributed by atoms with van der Waals surface area (Å²) >= 11 is 0. The van der Waals surface area contributed by atoms with Gasteiger partial charge in [0.2, 0.25) is 0 Å². The second-order valence-corrected chi connectivity index (χ2v) is 15.1. The zero-order valence-corrected chi connectivity index (χ0v) is 21.9. The van der Waals surface area contributed by atoms with Gasteiger partial charge in [0.05, 0.1) is 6.04 Å². The zero-order chi connectivity index (χ0) is 24.8. The second kappa shape index (κ2) is 11.1. The first-order chi connectivity index (χ1) is 16.1. The number of benzene rings is 2. The van der Waals surface area contributed by atoms with Crippen LogP contribution in [0.25, 0.3) is 0 Å². The van der Waals surface area contributed by atoms with Crippen molar-refractivity contribution in [2.24, 2.45) is 0 Å². The van der Waals surface area contributed by atoms with Gasteiger partial charge in [0.1, 0.15) is 6.10 Å². The highest BCUT2D eigenvalue weighted by molar-refractivity contribution is 6.74. The van der Waals surface area contributed by atoms with Crippen LogP contribution in [0.5, 0.6) is 0 Å². The molecule has 3 rings (SSSR count). The SMILES string of the molecule is CC(C)(C)[Si](C)(C)OC(C(=O)OC1C=CCCC1)C(NC(=O)c1ccccc1)c1ccccc1. The minimum Gasteiger partial charge on any atom is -0.456 e. The van der Waals surface area contributed by atoms with Crippen LogP contribution < -0.4 is 5.32 Å². The lowest BCUT2D eigenvalue weighted by molar-refractivity contribution is -0.158. The average molecular weight is 480 g/mol. The second-order valence-electron chi connectivity index (χ2n) is 10.4. The molecule has 1 amide bonds. The monoisotopic (exact) mass is 479 g/mol. The zero-order valence-electron chi connectivity index (χ0n) is 20.9. The Morgan fingerprint density at radius 2 is 1.62 bits per heavy atom. The molecule has 3 unspecified atom stereocenters. The molecule has 0 heterocycles.